The highest BCUT2D eigenvalue weighted by Crippen LogP contribution is 2.11. The molecule has 0 aliphatic rings. The second-order valence-electron chi connectivity index (χ2n) is 4.51. The smallest absolute Gasteiger partial charge is 0.224 e. The first-order valence-electron chi connectivity index (χ1n) is 6.54. The summed E-state index contributed by atoms with van der Waals surface area (Å²) in [6.07, 6.45) is 5.92. The lowest BCUT2D eigenvalue weighted by molar-refractivity contribution is -0.117. The van der Waals surface area contributed by atoms with Crippen LogP contribution in [0, 0.1) is 5.92 Å². The van der Waals surface area contributed by atoms with E-state index in [0.717, 1.165) is 6.42 Å². The molecule has 0 aliphatic heterocycles. The summed E-state index contributed by atoms with van der Waals surface area (Å²) in [5, 5.41) is 6.79. The molecular weight excluding hydrogens is 256 g/mol. The molecule has 0 saturated heterocycles. The maximum Gasteiger partial charge on any atom is 0.224 e. The van der Waals surface area contributed by atoms with E-state index >= 15 is 0 Å². The van der Waals surface area contributed by atoms with E-state index in [1.54, 1.807) is 29.3 Å². The number of rotatable bonds is 6. The summed E-state index contributed by atoms with van der Waals surface area (Å²) in [5.41, 5.74) is 6.25. The maximum atomic E-state index is 11.8. The molecule has 2 aromatic heterocycles. The molecule has 2 heterocycles. The number of carbonyl (C=O) groups excluding carboxylic acids is 1. The Bertz CT molecular complexity index is 532. The first kappa shape index (κ1) is 14.1. The topological polar surface area (TPSA) is 98.7 Å². The van der Waals surface area contributed by atoms with Crippen LogP contribution in [0.3, 0.4) is 0 Å². The van der Waals surface area contributed by atoms with Gasteiger partial charge in [-0.15, -0.1) is 0 Å². The Kier molecular flexibility index (Phi) is 4.78. The summed E-state index contributed by atoms with van der Waals surface area (Å²) in [5.74, 6) is 0.823. The summed E-state index contributed by atoms with van der Waals surface area (Å²) in [4.78, 5) is 19.9. The molecule has 0 aromatic carbocycles. The van der Waals surface area contributed by atoms with Crippen LogP contribution in [0.5, 0.6) is 0 Å². The van der Waals surface area contributed by atoms with Gasteiger partial charge in [0.15, 0.2) is 5.82 Å². The fourth-order valence-corrected chi connectivity index (χ4v) is 1.79. The van der Waals surface area contributed by atoms with Gasteiger partial charge < -0.3 is 11.1 Å². The molecule has 20 heavy (non-hydrogen) atoms. The maximum absolute atomic E-state index is 11.8. The molecule has 1 unspecified atom stereocenters. The van der Waals surface area contributed by atoms with Gasteiger partial charge in [0.1, 0.15) is 12.7 Å². The molecule has 0 aliphatic carbocycles. The lowest BCUT2D eigenvalue weighted by atomic mass is 10.0. The highest BCUT2D eigenvalue weighted by molar-refractivity contribution is 5.90. The van der Waals surface area contributed by atoms with Crippen LogP contribution in [0.4, 0.5) is 5.69 Å². The monoisotopic (exact) mass is 274 g/mol. The predicted octanol–water partition coefficient (Wildman–Crippen LogP) is 0.976. The number of nitrogens with two attached hydrogens (primary N) is 1. The second kappa shape index (κ2) is 6.76. The fourth-order valence-electron chi connectivity index (χ4n) is 1.79. The van der Waals surface area contributed by atoms with Gasteiger partial charge in [0, 0.05) is 6.42 Å². The van der Waals surface area contributed by atoms with Gasteiger partial charge in [0.05, 0.1) is 11.9 Å². The average Bonchev–Trinajstić information content (AvgIpc) is 2.99. The Morgan fingerprint density at radius 1 is 1.50 bits per heavy atom. The Hall–Kier alpha value is -2.28. The number of aromatic nitrogens is 4. The van der Waals surface area contributed by atoms with Crippen molar-refractivity contribution in [3.05, 3.63) is 31.0 Å². The van der Waals surface area contributed by atoms with Crippen molar-refractivity contribution in [1.82, 2.24) is 19.7 Å². The van der Waals surface area contributed by atoms with Crippen molar-refractivity contribution in [2.75, 3.05) is 11.9 Å². The van der Waals surface area contributed by atoms with E-state index in [4.69, 9.17) is 5.73 Å². The van der Waals surface area contributed by atoms with E-state index in [-0.39, 0.29) is 11.8 Å². The Balaban J connectivity index is 1.95. The third-order valence-corrected chi connectivity index (χ3v) is 3.07. The summed E-state index contributed by atoms with van der Waals surface area (Å²) in [7, 11) is 0. The molecule has 0 saturated carbocycles. The Morgan fingerprint density at radius 3 is 2.90 bits per heavy atom. The predicted molar refractivity (Wildman–Crippen MR) is 75.2 cm³/mol. The minimum Gasteiger partial charge on any atom is -0.330 e. The fraction of sp³-hybridized carbons (Fsp3) is 0.385. The third kappa shape index (κ3) is 3.61. The van der Waals surface area contributed by atoms with Crippen LogP contribution >= 0.6 is 0 Å². The van der Waals surface area contributed by atoms with E-state index in [0.29, 0.717) is 24.5 Å². The van der Waals surface area contributed by atoms with Gasteiger partial charge in [-0.3, -0.25) is 4.79 Å². The molecule has 0 spiro atoms. The van der Waals surface area contributed by atoms with Crippen molar-refractivity contribution in [2.24, 2.45) is 11.7 Å². The molecule has 106 valence electrons. The zero-order chi connectivity index (χ0) is 14.4. The van der Waals surface area contributed by atoms with Gasteiger partial charge in [0.25, 0.3) is 0 Å². The van der Waals surface area contributed by atoms with Crippen LogP contribution in [-0.2, 0) is 4.79 Å². The van der Waals surface area contributed by atoms with Gasteiger partial charge in [-0.25, -0.2) is 14.6 Å². The van der Waals surface area contributed by atoms with Crippen LogP contribution in [0.1, 0.15) is 19.8 Å². The second-order valence-corrected chi connectivity index (χ2v) is 4.51. The molecule has 7 heteroatoms. The number of carbonyl (C=O) groups is 1. The molecular formula is C13H18N6O. The van der Waals surface area contributed by atoms with Gasteiger partial charge in [-0.05, 0) is 24.6 Å². The minimum atomic E-state index is -0.0439. The minimum absolute atomic E-state index is 0.0439. The molecule has 7 nitrogen and oxygen atoms in total. The van der Waals surface area contributed by atoms with Gasteiger partial charge in [-0.1, -0.05) is 13.3 Å². The van der Waals surface area contributed by atoms with Crippen LogP contribution in [-0.4, -0.2) is 32.2 Å². The molecule has 0 bridgehead atoms. The van der Waals surface area contributed by atoms with Crippen molar-refractivity contribution in [3.63, 3.8) is 0 Å². The first-order chi connectivity index (χ1) is 9.72. The molecule has 2 aromatic rings. The molecule has 3 N–H and O–H groups in total. The van der Waals surface area contributed by atoms with Crippen molar-refractivity contribution < 1.29 is 4.79 Å². The average molecular weight is 274 g/mol. The van der Waals surface area contributed by atoms with Crippen molar-refractivity contribution >= 4 is 11.6 Å². The number of nitrogens with zero attached hydrogens (tertiary/aromatic N) is 4. The summed E-state index contributed by atoms with van der Waals surface area (Å²) in [6.45, 7) is 2.55. The Labute approximate surface area is 117 Å². The first-order valence-corrected chi connectivity index (χ1v) is 6.54. The van der Waals surface area contributed by atoms with Gasteiger partial charge in [-0.2, -0.15) is 5.10 Å². The van der Waals surface area contributed by atoms with Gasteiger partial charge in [0.2, 0.25) is 5.91 Å². The molecule has 1 atom stereocenters. The van der Waals surface area contributed by atoms with Crippen LogP contribution in [0.15, 0.2) is 31.0 Å². The third-order valence-electron chi connectivity index (χ3n) is 3.07. The van der Waals surface area contributed by atoms with Gasteiger partial charge >= 0.3 is 0 Å². The number of pyridine rings is 1. The molecule has 1 amide bonds. The summed E-state index contributed by atoms with van der Waals surface area (Å²) in [6, 6.07) is 3.55. The normalized spacial score (nSPS) is 12.1. The van der Waals surface area contributed by atoms with Crippen LogP contribution < -0.4 is 11.1 Å². The zero-order valence-electron chi connectivity index (χ0n) is 11.4. The lowest BCUT2D eigenvalue weighted by Gasteiger charge is -2.12. The SMILES string of the molecule is CCC(CN)CC(=O)Nc1ccc(-n2cncn2)nc1. The number of amides is 1. The lowest BCUT2D eigenvalue weighted by Crippen LogP contribution is -2.21. The van der Waals surface area contributed by atoms with Crippen LogP contribution in [0.2, 0.25) is 0 Å². The number of anilines is 1. The summed E-state index contributed by atoms with van der Waals surface area (Å²) >= 11 is 0. The number of hydrogen-bond acceptors (Lipinski definition) is 5. The van der Waals surface area contributed by atoms with E-state index in [1.165, 1.54) is 6.33 Å². The van der Waals surface area contributed by atoms with Crippen molar-refractivity contribution in [1.29, 1.82) is 0 Å². The summed E-state index contributed by atoms with van der Waals surface area (Å²) < 4.78 is 1.55. The van der Waals surface area contributed by atoms with E-state index < -0.39 is 0 Å². The zero-order valence-corrected chi connectivity index (χ0v) is 11.4. The van der Waals surface area contributed by atoms with Crippen molar-refractivity contribution in [3.8, 4) is 5.82 Å². The van der Waals surface area contributed by atoms with Crippen LogP contribution in [0.25, 0.3) is 5.82 Å². The Morgan fingerprint density at radius 2 is 2.35 bits per heavy atom. The van der Waals surface area contributed by atoms with E-state index in [9.17, 15) is 4.79 Å². The largest absolute Gasteiger partial charge is 0.330 e. The van der Waals surface area contributed by atoms with E-state index in [2.05, 4.69) is 20.4 Å². The quantitative estimate of drug-likeness (QED) is 0.818. The van der Waals surface area contributed by atoms with E-state index in [1.807, 2.05) is 6.92 Å². The molecule has 0 fully saturated rings. The number of hydrogen-bond donors (Lipinski definition) is 2. The van der Waals surface area contributed by atoms with Crippen molar-refractivity contribution in [2.45, 2.75) is 19.8 Å². The standard InChI is InChI=1S/C13H18N6O/c1-2-10(6-14)5-13(20)18-11-3-4-12(16-7-11)19-9-15-8-17-19/h3-4,7-10H,2,5-6,14H2,1H3,(H,18,20). The molecule has 0 radical (unpaired) electrons. The number of nitrogens with one attached hydrogen (secondary N) is 1. The molecule has 2 rings (SSSR count). The highest BCUT2D eigenvalue weighted by atomic mass is 16.1. The highest BCUT2D eigenvalue weighted by Gasteiger charge is 2.10.